The van der Waals surface area contributed by atoms with Crippen LogP contribution >= 0.6 is 0 Å². The largest absolute Gasteiger partial charge is 0.480 e. The van der Waals surface area contributed by atoms with Gasteiger partial charge in [0.1, 0.15) is 0 Å². The Morgan fingerprint density at radius 3 is 2.24 bits per heavy atom. The van der Waals surface area contributed by atoms with Gasteiger partial charge in [0.25, 0.3) is 0 Å². The highest BCUT2D eigenvalue weighted by Crippen LogP contribution is 2.21. The summed E-state index contributed by atoms with van der Waals surface area (Å²) in [4.78, 5) is 12.9. The van der Waals surface area contributed by atoms with Crippen LogP contribution in [0.5, 0.6) is 0 Å². The Morgan fingerprint density at radius 1 is 1.35 bits per heavy atom. The molecule has 0 bridgehead atoms. The topological polar surface area (TPSA) is 49.8 Å². The first-order valence-corrected chi connectivity index (χ1v) is 6.26. The van der Waals surface area contributed by atoms with Crippen LogP contribution in [0.1, 0.15) is 47.5 Å². The summed E-state index contributed by atoms with van der Waals surface area (Å²) >= 11 is 0. The van der Waals surface area contributed by atoms with Crippen molar-refractivity contribution in [2.45, 2.75) is 65.1 Å². The SMILES string of the molecule is CCC(C)N(CC(=O)O)C(C)CC(C)(C)OC. The molecule has 1 N–H and O–H groups in total. The molecule has 0 saturated carbocycles. The van der Waals surface area contributed by atoms with E-state index in [0.717, 1.165) is 12.8 Å². The summed E-state index contributed by atoms with van der Waals surface area (Å²) in [7, 11) is 1.69. The molecule has 4 nitrogen and oxygen atoms in total. The predicted molar refractivity (Wildman–Crippen MR) is 69.3 cm³/mol. The molecule has 102 valence electrons. The monoisotopic (exact) mass is 245 g/mol. The van der Waals surface area contributed by atoms with Crippen molar-refractivity contribution < 1.29 is 14.6 Å². The lowest BCUT2D eigenvalue weighted by molar-refractivity contribution is -0.140. The van der Waals surface area contributed by atoms with Gasteiger partial charge in [0.2, 0.25) is 0 Å². The number of methoxy groups -OCH3 is 1. The summed E-state index contributed by atoms with van der Waals surface area (Å²) in [5.74, 6) is -0.771. The predicted octanol–water partition coefficient (Wildman–Crippen LogP) is 2.38. The van der Waals surface area contributed by atoms with E-state index in [-0.39, 0.29) is 24.2 Å². The zero-order valence-electron chi connectivity index (χ0n) is 12.0. The molecule has 0 fully saturated rings. The zero-order chi connectivity index (χ0) is 13.6. The summed E-state index contributed by atoms with van der Waals surface area (Å²) in [5.41, 5.74) is -0.219. The van der Waals surface area contributed by atoms with E-state index in [4.69, 9.17) is 9.84 Å². The lowest BCUT2D eigenvalue weighted by Gasteiger charge is -2.36. The number of carboxylic acid groups (broad SMARTS) is 1. The average Bonchev–Trinajstić information content (AvgIpc) is 2.23. The van der Waals surface area contributed by atoms with E-state index < -0.39 is 5.97 Å². The van der Waals surface area contributed by atoms with Crippen molar-refractivity contribution in [1.82, 2.24) is 4.90 Å². The molecule has 0 aliphatic rings. The van der Waals surface area contributed by atoms with Crippen LogP contribution < -0.4 is 0 Å². The molecule has 0 aliphatic heterocycles. The van der Waals surface area contributed by atoms with Crippen LogP contribution in [0.25, 0.3) is 0 Å². The number of hydrogen-bond donors (Lipinski definition) is 1. The molecule has 0 rings (SSSR count). The molecule has 17 heavy (non-hydrogen) atoms. The van der Waals surface area contributed by atoms with Crippen LogP contribution in [0, 0.1) is 0 Å². The van der Waals surface area contributed by atoms with Crippen molar-refractivity contribution >= 4 is 5.97 Å². The molecule has 0 amide bonds. The molecule has 4 heteroatoms. The maximum atomic E-state index is 10.9. The first-order valence-electron chi connectivity index (χ1n) is 6.26. The van der Waals surface area contributed by atoms with Crippen LogP contribution in [0.3, 0.4) is 0 Å². The molecule has 0 aromatic heterocycles. The number of carboxylic acids is 1. The first-order chi connectivity index (χ1) is 7.73. The van der Waals surface area contributed by atoms with Crippen molar-refractivity contribution in [2.75, 3.05) is 13.7 Å². The number of nitrogens with zero attached hydrogens (tertiary/aromatic N) is 1. The summed E-state index contributed by atoms with van der Waals surface area (Å²) in [6, 6.07) is 0.463. The maximum absolute atomic E-state index is 10.9. The molecule has 2 unspecified atom stereocenters. The van der Waals surface area contributed by atoms with E-state index >= 15 is 0 Å². The smallest absolute Gasteiger partial charge is 0.317 e. The Labute approximate surface area is 105 Å². The summed E-state index contributed by atoms with van der Waals surface area (Å²) < 4.78 is 5.40. The third-order valence-corrected chi connectivity index (χ3v) is 3.38. The standard InChI is InChI=1S/C13H27NO3/c1-7-10(2)14(9-12(15)16)11(3)8-13(4,5)17-6/h10-11H,7-9H2,1-6H3,(H,15,16). The van der Waals surface area contributed by atoms with Crippen LogP contribution in [0.15, 0.2) is 0 Å². The van der Waals surface area contributed by atoms with Crippen molar-refractivity contribution in [2.24, 2.45) is 0 Å². The third kappa shape index (κ3) is 6.03. The molecule has 2 atom stereocenters. The van der Waals surface area contributed by atoms with Crippen LogP contribution in [-0.2, 0) is 9.53 Å². The van der Waals surface area contributed by atoms with Gasteiger partial charge in [0.15, 0.2) is 0 Å². The highest BCUT2D eigenvalue weighted by Gasteiger charge is 2.27. The fourth-order valence-corrected chi connectivity index (χ4v) is 2.05. The minimum atomic E-state index is -0.771. The van der Waals surface area contributed by atoms with E-state index in [1.165, 1.54) is 0 Å². The normalized spacial score (nSPS) is 15.9. The summed E-state index contributed by atoms with van der Waals surface area (Å²) in [6.07, 6.45) is 1.77. The van der Waals surface area contributed by atoms with Gasteiger partial charge in [-0.25, -0.2) is 0 Å². The van der Waals surface area contributed by atoms with Gasteiger partial charge in [-0.2, -0.15) is 0 Å². The van der Waals surface area contributed by atoms with Crippen LogP contribution in [0.4, 0.5) is 0 Å². The molecular weight excluding hydrogens is 218 g/mol. The lowest BCUT2D eigenvalue weighted by Crippen LogP contribution is -2.46. The Kier molecular flexibility index (Phi) is 6.72. The number of hydrogen-bond acceptors (Lipinski definition) is 3. The Balaban J connectivity index is 4.63. The second kappa shape index (κ2) is 6.97. The molecular formula is C13H27NO3. The third-order valence-electron chi connectivity index (χ3n) is 3.38. The molecule has 0 aromatic rings. The van der Waals surface area contributed by atoms with Gasteiger partial charge < -0.3 is 9.84 Å². The zero-order valence-corrected chi connectivity index (χ0v) is 12.0. The molecule has 0 radical (unpaired) electrons. The van der Waals surface area contributed by atoms with E-state index in [1.807, 2.05) is 18.7 Å². The maximum Gasteiger partial charge on any atom is 0.317 e. The van der Waals surface area contributed by atoms with E-state index in [0.29, 0.717) is 0 Å². The van der Waals surface area contributed by atoms with Gasteiger partial charge >= 0.3 is 5.97 Å². The number of ether oxygens (including phenoxy) is 1. The highest BCUT2D eigenvalue weighted by molar-refractivity contribution is 5.69. The highest BCUT2D eigenvalue weighted by atomic mass is 16.5. The molecule has 0 aromatic carbocycles. The minimum absolute atomic E-state index is 0.0932. The summed E-state index contributed by atoms with van der Waals surface area (Å²) in [6.45, 7) is 10.4. The molecule has 0 aliphatic carbocycles. The number of aliphatic carboxylic acids is 1. The molecule has 0 spiro atoms. The van der Waals surface area contributed by atoms with Gasteiger partial charge in [0.05, 0.1) is 12.1 Å². The average molecular weight is 245 g/mol. The number of rotatable bonds is 8. The van der Waals surface area contributed by atoms with Crippen LogP contribution in [-0.4, -0.2) is 47.3 Å². The van der Waals surface area contributed by atoms with Crippen molar-refractivity contribution in [1.29, 1.82) is 0 Å². The second-order valence-electron chi connectivity index (χ2n) is 5.34. The van der Waals surface area contributed by atoms with Gasteiger partial charge in [-0.05, 0) is 40.5 Å². The summed E-state index contributed by atoms with van der Waals surface area (Å²) in [5, 5.41) is 8.96. The molecule has 0 saturated heterocycles. The lowest BCUT2D eigenvalue weighted by atomic mass is 9.97. The minimum Gasteiger partial charge on any atom is -0.480 e. The van der Waals surface area contributed by atoms with Gasteiger partial charge in [-0.3, -0.25) is 9.69 Å². The van der Waals surface area contributed by atoms with E-state index in [1.54, 1.807) is 7.11 Å². The van der Waals surface area contributed by atoms with E-state index in [2.05, 4.69) is 20.8 Å². The fraction of sp³-hybridized carbons (Fsp3) is 0.923. The van der Waals surface area contributed by atoms with Gasteiger partial charge in [0, 0.05) is 19.2 Å². The van der Waals surface area contributed by atoms with E-state index in [9.17, 15) is 4.79 Å². The van der Waals surface area contributed by atoms with Gasteiger partial charge in [-0.15, -0.1) is 0 Å². The van der Waals surface area contributed by atoms with Gasteiger partial charge in [-0.1, -0.05) is 6.92 Å². The van der Waals surface area contributed by atoms with Crippen molar-refractivity contribution in [3.8, 4) is 0 Å². The Bertz CT molecular complexity index is 241. The quantitative estimate of drug-likeness (QED) is 0.713. The Hall–Kier alpha value is -0.610. The first kappa shape index (κ1) is 16.4. The fourth-order valence-electron chi connectivity index (χ4n) is 2.05. The molecule has 0 heterocycles. The van der Waals surface area contributed by atoms with Crippen LogP contribution in [0.2, 0.25) is 0 Å². The van der Waals surface area contributed by atoms with Crippen molar-refractivity contribution in [3.63, 3.8) is 0 Å². The Morgan fingerprint density at radius 2 is 1.88 bits per heavy atom. The van der Waals surface area contributed by atoms with Crippen molar-refractivity contribution in [3.05, 3.63) is 0 Å². The second-order valence-corrected chi connectivity index (χ2v) is 5.34. The number of carbonyl (C=O) groups is 1.